The van der Waals surface area contributed by atoms with E-state index in [1.807, 2.05) is 29.2 Å². The van der Waals surface area contributed by atoms with Crippen molar-refractivity contribution in [1.82, 2.24) is 14.5 Å². The summed E-state index contributed by atoms with van der Waals surface area (Å²) in [6.45, 7) is 5.13. The van der Waals surface area contributed by atoms with Crippen LogP contribution in [0.15, 0.2) is 59.7 Å². The molecule has 1 unspecified atom stereocenters. The Kier molecular flexibility index (Phi) is 5.15. The van der Waals surface area contributed by atoms with Gasteiger partial charge in [0.2, 0.25) is 5.95 Å². The van der Waals surface area contributed by atoms with Crippen LogP contribution in [0.4, 0.5) is 5.95 Å². The molecule has 2 aromatic heterocycles. The molecule has 1 aliphatic heterocycles. The molecule has 7 heteroatoms. The fourth-order valence-electron chi connectivity index (χ4n) is 3.66. The predicted molar refractivity (Wildman–Crippen MR) is 114 cm³/mol. The van der Waals surface area contributed by atoms with Gasteiger partial charge in [0, 0.05) is 41.1 Å². The molecule has 29 heavy (non-hydrogen) atoms. The van der Waals surface area contributed by atoms with Crippen LogP contribution < -0.4 is 10.5 Å². The van der Waals surface area contributed by atoms with E-state index in [-0.39, 0.29) is 11.1 Å². The third-order valence-corrected chi connectivity index (χ3v) is 5.75. The Hall–Kier alpha value is -2.70. The first-order valence-electron chi connectivity index (χ1n) is 9.59. The molecule has 3 heterocycles. The minimum Gasteiger partial charge on any atom is -0.387 e. The molecule has 4 rings (SSSR count). The zero-order chi connectivity index (χ0) is 20.6. The summed E-state index contributed by atoms with van der Waals surface area (Å²) in [5.74, 6) is 0.577. The summed E-state index contributed by atoms with van der Waals surface area (Å²) in [5.41, 5.74) is 1.86. The lowest BCUT2D eigenvalue weighted by Crippen LogP contribution is -2.53. The molecular weight excluding hydrogens is 388 g/mol. The van der Waals surface area contributed by atoms with Gasteiger partial charge in [-0.15, -0.1) is 0 Å². The van der Waals surface area contributed by atoms with Crippen LogP contribution in [0, 0.1) is 0 Å². The Morgan fingerprint density at radius 1 is 1.17 bits per heavy atom. The maximum absolute atomic E-state index is 12.8. The van der Waals surface area contributed by atoms with Crippen molar-refractivity contribution in [3.8, 4) is 11.3 Å². The van der Waals surface area contributed by atoms with Crippen molar-refractivity contribution in [3.05, 3.63) is 75.8 Å². The topological polar surface area (TPSA) is 71.2 Å². The van der Waals surface area contributed by atoms with Gasteiger partial charge in [0.1, 0.15) is 0 Å². The van der Waals surface area contributed by atoms with Crippen molar-refractivity contribution >= 4 is 17.5 Å². The molecule has 1 aliphatic rings. The van der Waals surface area contributed by atoms with E-state index in [9.17, 15) is 9.90 Å². The lowest BCUT2D eigenvalue weighted by molar-refractivity contribution is 0.169. The van der Waals surface area contributed by atoms with Crippen LogP contribution >= 0.6 is 11.6 Å². The van der Waals surface area contributed by atoms with Crippen molar-refractivity contribution in [2.75, 3.05) is 11.4 Å². The van der Waals surface area contributed by atoms with E-state index < -0.39 is 6.10 Å². The van der Waals surface area contributed by atoms with Crippen molar-refractivity contribution in [3.63, 3.8) is 0 Å². The minimum absolute atomic E-state index is 0.0942. The molecule has 0 amide bonds. The lowest BCUT2D eigenvalue weighted by Gasteiger charge is -2.45. The number of halogens is 1. The average molecular weight is 411 g/mol. The summed E-state index contributed by atoms with van der Waals surface area (Å²) in [6, 6.07) is 12.4. The number of fused-ring (bicyclic) bond motifs is 1. The maximum atomic E-state index is 12.8. The van der Waals surface area contributed by atoms with Crippen LogP contribution in [0.2, 0.25) is 5.02 Å². The molecule has 1 N–H and O–H groups in total. The number of rotatable bonds is 4. The van der Waals surface area contributed by atoms with E-state index in [4.69, 9.17) is 16.6 Å². The Balaban J connectivity index is 1.75. The Morgan fingerprint density at radius 3 is 2.55 bits per heavy atom. The highest BCUT2D eigenvalue weighted by Gasteiger charge is 2.36. The van der Waals surface area contributed by atoms with Gasteiger partial charge >= 0.3 is 0 Å². The highest BCUT2D eigenvalue weighted by molar-refractivity contribution is 6.30. The number of β-amino-alcohol motifs (C(OH)–C–C–N with tert-alkyl or cyclic N) is 1. The van der Waals surface area contributed by atoms with E-state index in [1.165, 1.54) is 0 Å². The number of anilines is 1. The zero-order valence-electron chi connectivity index (χ0n) is 16.4. The van der Waals surface area contributed by atoms with E-state index in [0.717, 1.165) is 17.5 Å². The van der Waals surface area contributed by atoms with Gasteiger partial charge in [-0.25, -0.2) is 4.98 Å². The summed E-state index contributed by atoms with van der Waals surface area (Å²) in [7, 11) is 0. The van der Waals surface area contributed by atoms with Gasteiger partial charge in [-0.05, 0) is 50.1 Å². The molecule has 0 fully saturated rings. The summed E-state index contributed by atoms with van der Waals surface area (Å²) in [5, 5.41) is 11.5. The van der Waals surface area contributed by atoms with Crippen LogP contribution in [0.5, 0.6) is 0 Å². The van der Waals surface area contributed by atoms with Crippen LogP contribution in [-0.2, 0) is 6.54 Å². The van der Waals surface area contributed by atoms with E-state index in [0.29, 0.717) is 29.8 Å². The Morgan fingerprint density at radius 2 is 1.86 bits per heavy atom. The number of nitrogens with zero attached hydrogens (tertiary/aromatic N) is 4. The molecule has 0 radical (unpaired) electrons. The number of benzene rings is 1. The number of aromatic nitrogens is 3. The Labute approximate surface area is 174 Å². The van der Waals surface area contributed by atoms with Gasteiger partial charge in [0.25, 0.3) is 5.56 Å². The lowest BCUT2D eigenvalue weighted by atomic mass is 9.95. The van der Waals surface area contributed by atoms with Gasteiger partial charge in [0.05, 0.1) is 18.3 Å². The standard InChI is InChI=1S/C22H23ClN4O2/c1-22(2)9-12-26-20(29)13-18(15-7-10-24-11-8-15)25-21(26)27(22)14-19(28)16-3-5-17(23)6-4-16/h3-8,10-11,13,19,28H,9,12,14H2,1-2H3. The predicted octanol–water partition coefficient (Wildman–Crippen LogP) is 3.68. The van der Waals surface area contributed by atoms with Gasteiger partial charge in [-0.3, -0.25) is 14.3 Å². The summed E-state index contributed by atoms with van der Waals surface area (Å²) in [4.78, 5) is 23.7. The average Bonchev–Trinajstić information content (AvgIpc) is 2.71. The fraction of sp³-hybridized carbons (Fsp3) is 0.318. The molecule has 1 aromatic carbocycles. The zero-order valence-corrected chi connectivity index (χ0v) is 17.2. The van der Waals surface area contributed by atoms with Gasteiger partial charge < -0.3 is 10.0 Å². The molecule has 0 spiro atoms. The number of aliphatic hydroxyl groups is 1. The molecule has 1 atom stereocenters. The highest BCUT2D eigenvalue weighted by atomic mass is 35.5. The third kappa shape index (κ3) is 3.91. The third-order valence-electron chi connectivity index (χ3n) is 5.49. The minimum atomic E-state index is -0.737. The van der Waals surface area contributed by atoms with Crippen molar-refractivity contribution in [2.24, 2.45) is 0 Å². The maximum Gasteiger partial charge on any atom is 0.255 e. The quantitative estimate of drug-likeness (QED) is 0.710. The van der Waals surface area contributed by atoms with Crippen LogP contribution in [0.3, 0.4) is 0 Å². The van der Waals surface area contributed by atoms with Crippen molar-refractivity contribution in [2.45, 2.75) is 38.5 Å². The Bertz CT molecular complexity index is 1060. The molecule has 6 nitrogen and oxygen atoms in total. The van der Waals surface area contributed by atoms with E-state index in [2.05, 4.69) is 18.8 Å². The molecule has 0 saturated carbocycles. The number of hydrogen-bond donors (Lipinski definition) is 1. The second-order valence-electron chi connectivity index (χ2n) is 7.91. The first-order valence-corrected chi connectivity index (χ1v) is 9.96. The van der Waals surface area contributed by atoms with Crippen molar-refractivity contribution < 1.29 is 5.11 Å². The van der Waals surface area contributed by atoms with Crippen molar-refractivity contribution in [1.29, 1.82) is 0 Å². The smallest absolute Gasteiger partial charge is 0.255 e. The number of pyridine rings is 1. The van der Waals surface area contributed by atoms with Crippen LogP contribution in [0.1, 0.15) is 31.9 Å². The summed E-state index contributed by atoms with van der Waals surface area (Å²) >= 11 is 5.97. The molecule has 150 valence electrons. The monoisotopic (exact) mass is 410 g/mol. The van der Waals surface area contributed by atoms with E-state index >= 15 is 0 Å². The first-order chi connectivity index (χ1) is 13.8. The SMILES string of the molecule is CC1(C)CCn2c(nc(-c3ccncc3)cc2=O)N1CC(O)c1ccc(Cl)cc1. The van der Waals surface area contributed by atoms with E-state index in [1.54, 1.807) is 35.2 Å². The second kappa shape index (κ2) is 7.61. The summed E-state index contributed by atoms with van der Waals surface area (Å²) < 4.78 is 1.69. The highest BCUT2D eigenvalue weighted by Crippen LogP contribution is 2.33. The number of aliphatic hydroxyl groups excluding tert-OH is 1. The van der Waals surface area contributed by atoms with Crippen LogP contribution in [-0.4, -0.2) is 31.7 Å². The number of hydrogen-bond acceptors (Lipinski definition) is 5. The summed E-state index contributed by atoms with van der Waals surface area (Å²) in [6.07, 6.45) is 3.41. The second-order valence-corrected chi connectivity index (χ2v) is 8.34. The normalized spacial score (nSPS) is 16.3. The van der Waals surface area contributed by atoms with Crippen LogP contribution in [0.25, 0.3) is 11.3 Å². The van der Waals surface area contributed by atoms with Gasteiger partial charge in [-0.1, -0.05) is 23.7 Å². The molecule has 0 bridgehead atoms. The largest absolute Gasteiger partial charge is 0.387 e. The van der Waals surface area contributed by atoms with Gasteiger partial charge in [-0.2, -0.15) is 0 Å². The molecule has 3 aromatic rings. The molecule has 0 aliphatic carbocycles. The molecular formula is C22H23ClN4O2. The van der Waals surface area contributed by atoms with Gasteiger partial charge in [0.15, 0.2) is 0 Å². The first kappa shape index (κ1) is 19.6. The molecule has 0 saturated heterocycles. The fourth-order valence-corrected chi connectivity index (χ4v) is 3.79.